The molecule has 0 saturated heterocycles. The molecule has 0 fully saturated rings. The van der Waals surface area contributed by atoms with Crippen LogP contribution in [0.5, 0.6) is 0 Å². The van der Waals surface area contributed by atoms with Crippen LogP contribution < -0.4 is 0 Å². The van der Waals surface area contributed by atoms with E-state index in [1.54, 1.807) is 47.1 Å². The van der Waals surface area contributed by atoms with Gasteiger partial charge in [-0.3, -0.25) is 0 Å². The van der Waals surface area contributed by atoms with Crippen molar-refractivity contribution >= 4 is 9.84 Å². The number of methoxy groups -OCH3 is 2. The van der Waals surface area contributed by atoms with Gasteiger partial charge in [-0.25, -0.2) is 21.9 Å². The van der Waals surface area contributed by atoms with Crippen LogP contribution in [-0.2, 0) is 25.1 Å². The van der Waals surface area contributed by atoms with E-state index in [2.05, 4.69) is 0 Å². The summed E-state index contributed by atoms with van der Waals surface area (Å²) >= 11 is 0. The first-order chi connectivity index (χ1) is 16.2. The fourth-order valence-corrected chi connectivity index (χ4v) is 4.38. The number of aromatic nitrogens is 2. The van der Waals surface area contributed by atoms with Crippen LogP contribution in [-0.4, -0.2) is 38.7 Å². The van der Waals surface area contributed by atoms with Gasteiger partial charge in [-0.2, -0.15) is 5.10 Å². The van der Waals surface area contributed by atoms with Gasteiger partial charge >= 0.3 is 0 Å². The third-order valence-electron chi connectivity index (χ3n) is 5.50. The van der Waals surface area contributed by atoms with Gasteiger partial charge in [0.05, 0.1) is 16.3 Å². The molecule has 1 aromatic heterocycles. The molecule has 0 saturated carbocycles. The molecule has 0 unspecified atom stereocenters. The van der Waals surface area contributed by atoms with Crippen molar-refractivity contribution in [1.29, 1.82) is 0 Å². The van der Waals surface area contributed by atoms with Crippen LogP contribution in [0.1, 0.15) is 11.3 Å². The molecule has 3 aromatic carbocycles. The van der Waals surface area contributed by atoms with E-state index in [1.165, 1.54) is 50.6 Å². The Balaban J connectivity index is 1.93. The summed E-state index contributed by atoms with van der Waals surface area (Å²) in [5.41, 5.74) is 2.69. The molecule has 0 bridgehead atoms. The predicted octanol–water partition coefficient (Wildman–Crippen LogP) is 4.71. The van der Waals surface area contributed by atoms with Crippen molar-refractivity contribution in [2.75, 3.05) is 20.5 Å². The zero-order chi connectivity index (χ0) is 24.5. The lowest BCUT2D eigenvalue weighted by Crippen LogP contribution is -2.33. The molecule has 1 heterocycles. The number of halogens is 2. The average Bonchev–Trinajstić information content (AvgIpc) is 3.27. The molecule has 0 aliphatic heterocycles. The number of rotatable bonds is 7. The van der Waals surface area contributed by atoms with Crippen molar-refractivity contribution in [2.45, 2.75) is 10.7 Å². The van der Waals surface area contributed by atoms with Gasteiger partial charge in [-0.05, 0) is 54.6 Å². The van der Waals surface area contributed by atoms with Crippen LogP contribution in [0.3, 0.4) is 0 Å². The van der Waals surface area contributed by atoms with Crippen LogP contribution in [0, 0.1) is 11.6 Å². The summed E-state index contributed by atoms with van der Waals surface area (Å²) in [6.45, 7) is 0. The minimum Gasteiger partial charge on any atom is -0.344 e. The van der Waals surface area contributed by atoms with Gasteiger partial charge in [-0.15, -0.1) is 0 Å². The Hall–Kier alpha value is -3.40. The largest absolute Gasteiger partial charge is 0.344 e. The molecule has 4 aromatic rings. The molecule has 0 radical (unpaired) electrons. The van der Waals surface area contributed by atoms with Gasteiger partial charge in [0.25, 0.3) is 0 Å². The highest BCUT2D eigenvalue weighted by Gasteiger charge is 2.38. The Morgan fingerprint density at radius 2 is 1.35 bits per heavy atom. The fourth-order valence-electron chi connectivity index (χ4n) is 3.74. The molecule has 4 rings (SSSR count). The predicted molar refractivity (Wildman–Crippen MR) is 123 cm³/mol. The van der Waals surface area contributed by atoms with Crippen molar-refractivity contribution in [3.8, 4) is 16.9 Å². The highest BCUT2D eigenvalue weighted by atomic mass is 32.2. The molecule has 34 heavy (non-hydrogen) atoms. The van der Waals surface area contributed by atoms with E-state index < -0.39 is 27.3 Å². The van der Waals surface area contributed by atoms with Gasteiger partial charge in [0, 0.05) is 31.6 Å². The normalized spacial score (nSPS) is 12.1. The van der Waals surface area contributed by atoms with E-state index >= 15 is 0 Å². The quantitative estimate of drug-likeness (QED) is 0.355. The van der Waals surface area contributed by atoms with E-state index in [4.69, 9.17) is 14.6 Å². The molecule has 176 valence electrons. The molecule has 0 aliphatic rings. The molecule has 0 N–H and O–H groups in total. The minimum absolute atomic E-state index is 0.179. The highest BCUT2D eigenvalue weighted by Crippen LogP contribution is 2.36. The number of benzene rings is 3. The number of sulfone groups is 1. The molecular formula is C25H22F2N2O4S. The van der Waals surface area contributed by atoms with Gasteiger partial charge in [-0.1, -0.05) is 24.3 Å². The zero-order valence-electron chi connectivity index (χ0n) is 18.7. The molecule has 9 heteroatoms. The number of hydrogen-bond donors (Lipinski definition) is 0. The van der Waals surface area contributed by atoms with E-state index in [-0.39, 0.29) is 4.90 Å². The van der Waals surface area contributed by atoms with E-state index in [1.807, 2.05) is 0 Å². The van der Waals surface area contributed by atoms with Crippen LogP contribution >= 0.6 is 0 Å². The van der Waals surface area contributed by atoms with Gasteiger partial charge < -0.3 is 9.47 Å². The van der Waals surface area contributed by atoms with Crippen molar-refractivity contribution in [1.82, 2.24) is 9.78 Å². The molecule has 0 spiro atoms. The second kappa shape index (κ2) is 9.09. The van der Waals surface area contributed by atoms with Crippen molar-refractivity contribution in [3.63, 3.8) is 0 Å². The fraction of sp³-hybridized carbons (Fsp3) is 0.160. The summed E-state index contributed by atoms with van der Waals surface area (Å²) < 4.78 is 64.0. The summed E-state index contributed by atoms with van der Waals surface area (Å²) in [7, 11) is -0.472. The van der Waals surface area contributed by atoms with Crippen LogP contribution in [0.4, 0.5) is 8.78 Å². The number of hydrogen-bond acceptors (Lipinski definition) is 5. The van der Waals surface area contributed by atoms with Gasteiger partial charge in [0.15, 0.2) is 9.84 Å². The summed E-state index contributed by atoms with van der Waals surface area (Å²) in [4.78, 5) is 0.179. The summed E-state index contributed by atoms with van der Waals surface area (Å²) in [6, 6.07) is 19.5. The Labute approximate surface area is 196 Å². The summed E-state index contributed by atoms with van der Waals surface area (Å²) in [6.07, 6.45) is 1.14. The molecule has 6 nitrogen and oxygen atoms in total. The molecule has 0 amide bonds. The third kappa shape index (κ3) is 4.37. The first-order valence-electron chi connectivity index (χ1n) is 10.2. The lowest BCUT2D eigenvalue weighted by molar-refractivity contribution is -0.186. The van der Waals surface area contributed by atoms with Crippen LogP contribution in [0.15, 0.2) is 83.8 Å². The summed E-state index contributed by atoms with van der Waals surface area (Å²) in [5, 5.41) is 4.70. The monoisotopic (exact) mass is 484 g/mol. The van der Waals surface area contributed by atoms with Crippen LogP contribution in [0.2, 0.25) is 0 Å². The second-order valence-corrected chi connectivity index (χ2v) is 9.65. The van der Waals surface area contributed by atoms with Crippen molar-refractivity contribution < 1.29 is 26.7 Å². The first kappa shape index (κ1) is 23.7. The Kier molecular flexibility index (Phi) is 6.35. The standard InChI is InChI=1S/C25H22F2N2O4S/c1-32-25(33-2,18-6-8-19(26)9-7-18)24-16-23(17-4-14-22(15-5-17)34(3,30)31)29(28-24)21-12-10-20(27)11-13-21/h4-16H,1-3H3. The molecular weight excluding hydrogens is 462 g/mol. The number of ether oxygens (including phenoxy) is 2. The zero-order valence-corrected chi connectivity index (χ0v) is 19.5. The Morgan fingerprint density at radius 3 is 1.85 bits per heavy atom. The van der Waals surface area contributed by atoms with E-state index in [0.717, 1.165) is 6.26 Å². The number of nitrogens with zero attached hydrogens (tertiary/aromatic N) is 2. The maximum atomic E-state index is 13.6. The maximum absolute atomic E-state index is 13.6. The second-order valence-electron chi connectivity index (χ2n) is 7.63. The SMILES string of the molecule is COC(OC)(c1ccc(F)cc1)c1cc(-c2ccc(S(C)(=O)=O)cc2)n(-c2ccc(F)cc2)n1. The third-order valence-corrected chi connectivity index (χ3v) is 6.62. The van der Waals surface area contributed by atoms with Crippen LogP contribution in [0.25, 0.3) is 16.9 Å². The van der Waals surface area contributed by atoms with Gasteiger partial charge in [0.1, 0.15) is 17.3 Å². The van der Waals surface area contributed by atoms with Crippen molar-refractivity contribution in [3.05, 3.63) is 102 Å². The first-order valence-corrected chi connectivity index (χ1v) is 12.1. The van der Waals surface area contributed by atoms with E-state index in [9.17, 15) is 17.2 Å². The maximum Gasteiger partial charge on any atom is 0.241 e. The Bertz CT molecular complexity index is 1400. The van der Waals surface area contributed by atoms with Crippen molar-refractivity contribution in [2.24, 2.45) is 0 Å². The Morgan fingerprint density at radius 1 is 0.824 bits per heavy atom. The van der Waals surface area contributed by atoms with E-state index in [0.29, 0.717) is 28.2 Å². The average molecular weight is 485 g/mol. The highest BCUT2D eigenvalue weighted by molar-refractivity contribution is 7.90. The lowest BCUT2D eigenvalue weighted by atomic mass is 10.0. The van der Waals surface area contributed by atoms with Gasteiger partial charge in [0.2, 0.25) is 5.79 Å². The smallest absolute Gasteiger partial charge is 0.241 e. The molecule has 0 atom stereocenters. The lowest BCUT2D eigenvalue weighted by Gasteiger charge is -2.29. The minimum atomic E-state index is -3.37. The topological polar surface area (TPSA) is 70.4 Å². The molecule has 0 aliphatic carbocycles. The summed E-state index contributed by atoms with van der Waals surface area (Å²) in [5.74, 6) is -2.27.